The molecule has 1 aliphatic carbocycles. The van der Waals surface area contributed by atoms with Crippen molar-refractivity contribution in [3.05, 3.63) is 18.5 Å². The zero-order chi connectivity index (χ0) is 16.5. The molecule has 10 heteroatoms. The number of hydrogen-bond donors (Lipinski definition) is 1. The Hall–Kier alpha value is -1.17. The highest BCUT2D eigenvalue weighted by molar-refractivity contribution is 14.0. The fraction of sp³-hybridized carbons (Fsp3) is 0.643. The van der Waals surface area contributed by atoms with Crippen molar-refractivity contribution < 1.29 is 8.42 Å². The van der Waals surface area contributed by atoms with Gasteiger partial charge in [0, 0.05) is 44.8 Å². The summed E-state index contributed by atoms with van der Waals surface area (Å²) in [5.41, 5.74) is 6.04. The van der Waals surface area contributed by atoms with Crippen LogP contribution in [0.15, 0.2) is 23.5 Å². The third-order valence-corrected chi connectivity index (χ3v) is 6.67. The minimum absolute atomic E-state index is 0. The average molecular weight is 466 g/mol. The van der Waals surface area contributed by atoms with Crippen LogP contribution in [0.4, 0.5) is 5.95 Å². The normalized spacial score (nSPS) is 20.5. The number of nitrogens with zero attached hydrogens (tertiary/aromatic N) is 5. The molecule has 0 radical (unpaired) electrons. The maximum absolute atomic E-state index is 11.8. The van der Waals surface area contributed by atoms with Crippen LogP contribution in [0.2, 0.25) is 0 Å². The maximum Gasteiger partial charge on any atom is 0.225 e. The summed E-state index contributed by atoms with van der Waals surface area (Å²) in [6, 6.07) is 1.79. The molecule has 1 saturated heterocycles. The minimum Gasteiger partial charge on any atom is -0.370 e. The first-order chi connectivity index (χ1) is 10.9. The highest BCUT2D eigenvalue weighted by Crippen LogP contribution is 2.43. The van der Waals surface area contributed by atoms with Crippen LogP contribution in [0.1, 0.15) is 12.8 Å². The molecule has 1 aromatic rings. The van der Waals surface area contributed by atoms with Gasteiger partial charge in [0.25, 0.3) is 0 Å². The fourth-order valence-corrected chi connectivity index (χ4v) is 3.84. The lowest BCUT2D eigenvalue weighted by atomic mass is 10.3. The molecule has 8 nitrogen and oxygen atoms in total. The van der Waals surface area contributed by atoms with Crippen molar-refractivity contribution in [3.63, 3.8) is 0 Å². The van der Waals surface area contributed by atoms with Gasteiger partial charge in [-0.3, -0.25) is 4.99 Å². The minimum atomic E-state index is -3.07. The summed E-state index contributed by atoms with van der Waals surface area (Å²) in [5, 5.41) is 0. The second kappa shape index (κ2) is 7.38. The van der Waals surface area contributed by atoms with Gasteiger partial charge in [0.1, 0.15) is 0 Å². The summed E-state index contributed by atoms with van der Waals surface area (Å²) in [6.45, 7) is 3.23. The monoisotopic (exact) mass is 466 g/mol. The van der Waals surface area contributed by atoms with E-state index in [1.807, 2.05) is 4.90 Å². The van der Waals surface area contributed by atoms with E-state index >= 15 is 0 Å². The Kier molecular flexibility index (Phi) is 5.89. The van der Waals surface area contributed by atoms with E-state index in [0.29, 0.717) is 18.8 Å². The molecule has 2 fully saturated rings. The quantitative estimate of drug-likeness (QED) is 0.382. The number of rotatable bonds is 4. The molecular weight excluding hydrogens is 443 g/mol. The van der Waals surface area contributed by atoms with Crippen LogP contribution >= 0.6 is 24.0 Å². The third kappa shape index (κ3) is 4.08. The van der Waals surface area contributed by atoms with Crippen LogP contribution in [0.5, 0.6) is 0 Å². The predicted molar refractivity (Wildman–Crippen MR) is 105 cm³/mol. The van der Waals surface area contributed by atoms with Crippen LogP contribution in [-0.2, 0) is 9.84 Å². The Morgan fingerprint density at radius 1 is 1.25 bits per heavy atom. The number of aliphatic imine (C=N–C) groups is 1. The molecule has 3 rings (SSSR count). The molecule has 1 aliphatic heterocycles. The fourth-order valence-electron chi connectivity index (χ4n) is 2.70. The number of guanidine groups is 1. The number of piperazine rings is 1. The lowest BCUT2D eigenvalue weighted by Crippen LogP contribution is -2.51. The Morgan fingerprint density at radius 2 is 1.83 bits per heavy atom. The lowest BCUT2D eigenvalue weighted by molar-refractivity contribution is 0.378. The zero-order valence-electron chi connectivity index (χ0n) is 13.6. The van der Waals surface area contributed by atoms with Crippen LogP contribution < -0.4 is 10.6 Å². The molecule has 1 saturated carbocycles. The second-order valence-corrected chi connectivity index (χ2v) is 8.56. The van der Waals surface area contributed by atoms with Gasteiger partial charge in [-0.05, 0) is 18.9 Å². The van der Waals surface area contributed by atoms with Crippen LogP contribution in [0, 0.1) is 0 Å². The summed E-state index contributed by atoms with van der Waals surface area (Å²) >= 11 is 0. The highest BCUT2D eigenvalue weighted by Gasteiger charge is 2.52. The van der Waals surface area contributed by atoms with E-state index in [-0.39, 0.29) is 30.5 Å². The maximum atomic E-state index is 11.8. The standard InChI is InChI=1S/C14H22N6O2S.HI/c1-23(21,22)14(3-4-14)11-18-12(15)19-7-9-20(10-8-19)13-16-5-2-6-17-13;/h2,5-6H,3-4,7-11H2,1H3,(H2,15,18);1H. The molecule has 134 valence electrons. The largest absolute Gasteiger partial charge is 0.370 e. The van der Waals surface area contributed by atoms with E-state index in [4.69, 9.17) is 5.73 Å². The third-order valence-electron chi connectivity index (χ3n) is 4.56. The van der Waals surface area contributed by atoms with E-state index in [2.05, 4.69) is 19.9 Å². The predicted octanol–water partition coefficient (Wildman–Crippen LogP) is 0.109. The van der Waals surface area contributed by atoms with Gasteiger partial charge in [0.15, 0.2) is 15.8 Å². The Bertz CT molecular complexity index is 684. The van der Waals surface area contributed by atoms with Crippen molar-refractivity contribution in [2.45, 2.75) is 17.6 Å². The van der Waals surface area contributed by atoms with Gasteiger partial charge >= 0.3 is 0 Å². The Balaban J connectivity index is 0.00000208. The van der Waals surface area contributed by atoms with Gasteiger partial charge in [0.05, 0.1) is 11.3 Å². The van der Waals surface area contributed by atoms with Gasteiger partial charge in [-0.1, -0.05) is 0 Å². The van der Waals surface area contributed by atoms with Crippen LogP contribution in [0.25, 0.3) is 0 Å². The van der Waals surface area contributed by atoms with Crippen molar-refractivity contribution in [2.24, 2.45) is 10.7 Å². The first-order valence-electron chi connectivity index (χ1n) is 7.68. The van der Waals surface area contributed by atoms with Crippen molar-refractivity contribution in [1.29, 1.82) is 0 Å². The van der Waals surface area contributed by atoms with Gasteiger partial charge in [-0.15, -0.1) is 24.0 Å². The van der Waals surface area contributed by atoms with Crippen molar-refractivity contribution in [2.75, 3.05) is 43.9 Å². The number of hydrogen-bond acceptors (Lipinski definition) is 6. The first kappa shape index (κ1) is 19.2. The summed E-state index contributed by atoms with van der Waals surface area (Å²) in [4.78, 5) is 16.9. The number of aromatic nitrogens is 2. The van der Waals surface area contributed by atoms with Gasteiger partial charge in [-0.25, -0.2) is 18.4 Å². The molecule has 2 aliphatic rings. The lowest BCUT2D eigenvalue weighted by Gasteiger charge is -2.35. The van der Waals surface area contributed by atoms with Gasteiger partial charge < -0.3 is 15.5 Å². The molecule has 24 heavy (non-hydrogen) atoms. The molecule has 1 aromatic heterocycles. The molecule has 0 atom stereocenters. The molecule has 0 bridgehead atoms. The summed E-state index contributed by atoms with van der Waals surface area (Å²) in [6.07, 6.45) is 6.10. The van der Waals surface area contributed by atoms with Crippen LogP contribution in [0.3, 0.4) is 0 Å². The SMILES string of the molecule is CS(=O)(=O)C1(CN=C(N)N2CCN(c3ncccn3)CC2)CC1.I. The van der Waals surface area contributed by atoms with E-state index in [1.165, 1.54) is 6.26 Å². The van der Waals surface area contributed by atoms with E-state index in [0.717, 1.165) is 32.1 Å². The topological polar surface area (TPSA) is 105 Å². The summed E-state index contributed by atoms with van der Waals surface area (Å²) < 4.78 is 22.9. The molecule has 2 heterocycles. The number of anilines is 1. The zero-order valence-corrected chi connectivity index (χ0v) is 16.8. The van der Waals surface area contributed by atoms with Gasteiger partial charge in [-0.2, -0.15) is 0 Å². The first-order valence-corrected chi connectivity index (χ1v) is 9.57. The molecule has 2 N–H and O–H groups in total. The van der Waals surface area contributed by atoms with Crippen molar-refractivity contribution in [3.8, 4) is 0 Å². The number of halogens is 1. The summed E-state index contributed by atoms with van der Waals surface area (Å²) in [5.74, 6) is 1.14. The van der Waals surface area contributed by atoms with Gasteiger partial charge in [0.2, 0.25) is 5.95 Å². The average Bonchev–Trinajstić information content (AvgIpc) is 3.35. The van der Waals surface area contributed by atoms with Crippen LogP contribution in [-0.4, -0.2) is 73.0 Å². The Labute approximate surface area is 159 Å². The summed E-state index contributed by atoms with van der Waals surface area (Å²) in [7, 11) is -3.07. The van der Waals surface area contributed by atoms with E-state index < -0.39 is 14.6 Å². The molecule has 0 spiro atoms. The molecular formula is C14H23IN6O2S. The van der Waals surface area contributed by atoms with Crippen molar-refractivity contribution in [1.82, 2.24) is 14.9 Å². The molecule has 0 amide bonds. The second-order valence-electron chi connectivity index (χ2n) is 6.15. The smallest absolute Gasteiger partial charge is 0.225 e. The Morgan fingerprint density at radius 3 is 2.33 bits per heavy atom. The molecule has 0 unspecified atom stereocenters. The van der Waals surface area contributed by atoms with E-state index in [9.17, 15) is 8.42 Å². The molecule has 0 aromatic carbocycles. The highest BCUT2D eigenvalue weighted by atomic mass is 127. The van der Waals surface area contributed by atoms with Crippen molar-refractivity contribution >= 4 is 45.7 Å². The van der Waals surface area contributed by atoms with E-state index in [1.54, 1.807) is 18.5 Å². The number of sulfone groups is 1. The number of nitrogens with two attached hydrogens (primary N) is 1.